The number of carbonyl (C=O) groups excluding carboxylic acids is 1. The van der Waals surface area contributed by atoms with E-state index in [0.717, 1.165) is 22.7 Å². The van der Waals surface area contributed by atoms with Crippen LogP contribution in [0.2, 0.25) is 0 Å². The quantitative estimate of drug-likeness (QED) is 0.631. The fourth-order valence-electron chi connectivity index (χ4n) is 3.09. The van der Waals surface area contributed by atoms with Gasteiger partial charge in [0.2, 0.25) is 11.9 Å². The maximum Gasteiger partial charge on any atom is 0.291 e. The van der Waals surface area contributed by atoms with E-state index in [0.29, 0.717) is 11.5 Å². The number of thiophene rings is 1. The summed E-state index contributed by atoms with van der Waals surface area (Å²) in [6.45, 7) is 3.98. The summed E-state index contributed by atoms with van der Waals surface area (Å²) < 4.78 is 6.90. The van der Waals surface area contributed by atoms with Gasteiger partial charge in [-0.2, -0.15) is 9.67 Å². The number of nitrogen functional groups attached to an aromatic ring is 1. The highest BCUT2D eigenvalue weighted by molar-refractivity contribution is 7.12. The molecule has 0 atom stereocenters. The first-order chi connectivity index (χ1) is 13.7. The maximum absolute atomic E-state index is 12.4. The molecule has 146 valence electrons. The Morgan fingerprint density at radius 1 is 1.21 bits per heavy atom. The molecule has 8 nitrogen and oxygen atoms in total. The van der Waals surface area contributed by atoms with E-state index in [4.69, 9.17) is 10.5 Å². The van der Waals surface area contributed by atoms with Gasteiger partial charge >= 0.3 is 0 Å². The van der Waals surface area contributed by atoms with E-state index >= 15 is 0 Å². The number of hydrogen-bond donors (Lipinski definition) is 2. The van der Waals surface area contributed by atoms with Gasteiger partial charge in [-0.25, -0.2) is 0 Å². The van der Waals surface area contributed by atoms with E-state index in [1.807, 2.05) is 29.6 Å². The Morgan fingerprint density at radius 3 is 2.71 bits per heavy atom. The van der Waals surface area contributed by atoms with Crippen molar-refractivity contribution < 1.29 is 9.53 Å². The number of nitrogens with one attached hydrogen (secondary N) is 1. The molecule has 1 aliphatic heterocycles. The number of nitrogens with zero attached hydrogens (tertiary/aromatic N) is 4. The van der Waals surface area contributed by atoms with Gasteiger partial charge in [-0.15, -0.1) is 16.4 Å². The van der Waals surface area contributed by atoms with Gasteiger partial charge in [0, 0.05) is 12.2 Å². The Balaban J connectivity index is 1.34. The molecule has 0 radical (unpaired) electrons. The van der Waals surface area contributed by atoms with Crippen LogP contribution in [0.1, 0.15) is 22.5 Å². The molecule has 0 bridgehead atoms. The smallest absolute Gasteiger partial charge is 0.291 e. The highest BCUT2D eigenvalue weighted by Crippen LogP contribution is 2.20. The van der Waals surface area contributed by atoms with E-state index in [1.165, 1.54) is 37.3 Å². The number of hydrogen-bond acceptors (Lipinski definition) is 8. The molecule has 1 fully saturated rings. The zero-order valence-corrected chi connectivity index (χ0v) is 16.2. The minimum absolute atomic E-state index is 0.0442. The lowest BCUT2D eigenvalue weighted by molar-refractivity contribution is 0.0952. The van der Waals surface area contributed by atoms with Crippen LogP contribution < -0.4 is 15.8 Å². The Hall–Kier alpha value is -2.91. The van der Waals surface area contributed by atoms with Crippen molar-refractivity contribution in [1.29, 1.82) is 0 Å². The predicted octanol–water partition coefficient (Wildman–Crippen LogP) is 2.83. The normalized spacial score (nSPS) is 14.3. The minimum Gasteiger partial charge on any atom is -0.492 e. The topological polar surface area (TPSA) is 98.3 Å². The van der Waals surface area contributed by atoms with Crippen molar-refractivity contribution in [2.75, 3.05) is 37.3 Å². The van der Waals surface area contributed by atoms with E-state index in [2.05, 4.69) is 20.3 Å². The van der Waals surface area contributed by atoms with E-state index in [-0.39, 0.29) is 17.8 Å². The molecule has 0 spiro atoms. The van der Waals surface area contributed by atoms with Crippen molar-refractivity contribution >= 4 is 34.8 Å². The predicted molar refractivity (Wildman–Crippen MR) is 109 cm³/mol. The number of aromatic nitrogens is 3. The van der Waals surface area contributed by atoms with Gasteiger partial charge in [0.25, 0.3) is 5.91 Å². The van der Waals surface area contributed by atoms with Gasteiger partial charge in [0.15, 0.2) is 0 Å². The van der Waals surface area contributed by atoms with Crippen LogP contribution in [0.15, 0.2) is 41.8 Å². The average molecular weight is 398 g/mol. The summed E-state index contributed by atoms with van der Waals surface area (Å²) in [5.74, 6) is 0.832. The van der Waals surface area contributed by atoms with Crippen molar-refractivity contribution in [2.24, 2.45) is 0 Å². The fourth-order valence-corrected chi connectivity index (χ4v) is 3.74. The van der Waals surface area contributed by atoms with Crippen LogP contribution in [0.25, 0.3) is 0 Å². The molecular formula is C19H22N6O2S. The monoisotopic (exact) mass is 398 g/mol. The third-order valence-electron chi connectivity index (χ3n) is 4.54. The fraction of sp³-hybridized carbons (Fsp3) is 0.316. The van der Waals surface area contributed by atoms with Crippen LogP contribution in [-0.4, -0.2) is 51.8 Å². The summed E-state index contributed by atoms with van der Waals surface area (Å²) in [6.07, 6.45) is 2.57. The Kier molecular flexibility index (Phi) is 5.54. The maximum atomic E-state index is 12.4. The number of nitrogens with two attached hydrogens (primary N) is 1. The second-order valence-electron chi connectivity index (χ2n) is 6.53. The number of rotatable bonds is 7. The summed E-state index contributed by atoms with van der Waals surface area (Å²) in [5, 5.41) is 9.05. The Morgan fingerprint density at radius 2 is 2.00 bits per heavy atom. The number of benzene rings is 1. The second-order valence-corrected chi connectivity index (χ2v) is 7.48. The van der Waals surface area contributed by atoms with Gasteiger partial charge in [0.1, 0.15) is 12.4 Å². The first-order valence-electron chi connectivity index (χ1n) is 9.22. The van der Waals surface area contributed by atoms with Gasteiger partial charge in [-0.3, -0.25) is 9.69 Å². The van der Waals surface area contributed by atoms with E-state index in [1.54, 1.807) is 12.1 Å². The van der Waals surface area contributed by atoms with Crippen LogP contribution in [0.4, 0.5) is 17.6 Å². The van der Waals surface area contributed by atoms with Crippen LogP contribution in [0, 0.1) is 0 Å². The van der Waals surface area contributed by atoms with Crippen LogP contribution in [-0.2, 0) is 0 Å². The van der Waals surface area contributed by atoms with Gasteiger partial charge in [-0.1, -0.05) is 6.07 Å². The van der Waals surface area contributed by atoms with E-state index < -0.39 is 0 Å². The van der Waals surface area contributed by atoms with Crippen molar-refractivity contribution in [3.8, 4) is 5.75 Å². The molecule has 2 aromatic heterocycles. The van der Waals surface area contributed by atoms with Crippen molar-refractivity contribution in [3.63, 3.8) is 0 Å². The molecule has 1 aliphatic rings. The summed E-state index contributed by atoms with van der Waals surface area (Å²) in [5.41, 5.74) is 6.63. The van der Waals surface area contributed by atoms with Crippen molar-refractivity contribution in [3.05, 3.63) is 46.7 Å². The molecule has 0 unspecified atom stereocenters. The molecule has 0 saturated carbocycles. The molecule has 1 aromatic carbocycles. The minimum atomic E-state index is -0.296. The lowest BCUT2D eigenvalue weighted by Gasteiger charge is -2.15. The largest absolute Gasteiger partial charge is 0.492 e. The molecule has 0 aliphatic carbocycles. The van der Waals surface area contributed by atoms with E-state index in [9.17, 15) is 4.79 Å². The molecule has 3 N–H and O–H groups in total. The summed E-state index contributed by atoms with van der Waals surface area (Å²) >= 11 is 1.33. The first kappa shape index (κ1) is 18.5. The van der Waals surface area contributed by atoms with Crippen LogP contribution in [0.3, 0.4) is 0 Å². The standard InChI is InChI=1S/C19H22N6O2S/c20-18-22-19(23-25(18)17(26)16-4-3-13-28-16)21-14-5-7-15(8-6-14)27-12-11-24-9-1-2-10-24/h3-8,13H,1-2,9-12H2,(H3,20,21,22,23). The van der Waals surface area contributed by atoms with Crippen LogP contribution >= 0.6 is 11.3 Å². The molecular weight excluding hydrogens is 376 g/mol. The Bertz CT molecular complexity index is 917. The summed E-state index contributed by atoms with van der Waals surface area (Å²) in [4.78, 5) is 19.5. The lowest BCUT2D eigenvalue weighted by Crippen LogP contribution is -2.25. The van der Waals surface area contributed by atoms with Gasteiger partial charge in [-0.05, 0) is 61.6 Å². The SMILES string of the molecule is Nc1nc(Nc2ccc(OCCN3CCCC3)cc2)nn1C(=O)c1cccs1. The Labute approximate surface area is 166 Å². The molecule has 1 saturated heterocycles. The van der Waals surface area contributed by atoms with Gasteiger partial charge in [0.05, 0.1) is 4.88 Å². The third-order valence-corrected chi connectivity index (χ3v) is 5.40. The first-order valence-corrected chi connectivity index (χ1v) is 10.1. The summed E-state index contributed by atoms with van der Waals surface area (Å²) in [6, 6.07) is 11.1. The molecule has 28 heavy (non-hydrogen) atoms. The molecule has 9 heteroatoms. The zero-order chi connectivity index (χ0) is 19.3. The molecule has 0 amide bonds. The lowest BCUT2D eigenvalue weighted by atomic mass is 10.3. The molecule has 4 rings (SSSR count). The van der Waals surface area contributed by atoms with Crippen molar-refractivity contribution in [1.82, 2.24) is 19.7 Å². The van der Waals surface area contributed by atoms with Gasteiger partial charge < -0.3 is 15.8 Å². The molecule has 3 aromatic rings. The number of anilines is 3. The third kappa shape index (κ3) is 4.32. The highest BCUT2D eigenvalue weighted by Gasteiger charge is 2.17. The number of likely N-dealkylation sites (tertiary alicyclic amines) is 1. The number of carbonyl (C=O) groups is 1. The average Bonchev–Trinajstić information content (AvgIpc) is 3.45. The number of ether oxygens (including phenoxy) is 1. The summed E-state index contributed by atoms with van der Waals surface area (Å²) in [7, 11) is 0. The van der Waals surface area contributed by atoms with Crippen molar-refractivity contribution in [2.45, 2.75) is 12.8 Å². The molecule has 3 heterocycles. The highest BCUT2D eigenvalue weighted by atomic mass is 32.1. The van der Waals surface area contributed by atoms with Crippen LogP contribution in [0.5, 0.6) is 5.75 Å². The second kappa shape index (κ2) is 8.41. The zero-order valence-electron chi connectivity index (χ0n) is 15.4.